The lowest BCUT2D eigenvalue weighted by molar-refractivity contribution is -0.128. The highest BCUT2D eigenvalue weighted by Crippen LogP contribution is 2.28. The Bertz CT molecular complexity index is 301. The maximum Gasteiger partial charge on any atom is 0.218 e. The summed E-state index contributed by atoms with van der Waals surface area (Å²) < 4.78 is 0. The second-order valence-electron chi connectivity index (χ2n) is 5.23. The molecule has 1 heterocycles. The molecular formula is C12H23N3O2. The first kappa shape index (κ1) is 14.0. The molecule has 1 saturated heterocycles. The molecule has 5 heteroatoms. The molecule has 0 aromatic rings. The van der Waals surface area contributed by atoms with E-state index in [2.05, 4.69) is 29.5 Å². The first-order valence-electron chi connectivity index (χ1n) is 6.04. The first-order valence-corrected chi connectivity index (χ1v) is 6.04. The molecule has 98 valence electrons. The summed E-state index contributed by atoms with van der Waals surface area (Å²) in [5.41, 5.74) is -0.608. The van der Waals surface area contributed by atoms with E-state index in [1.165, 1.54) is 13.8 Å². The Balaban J connectivity index is 2.95. The Kier molecular flexibility index (Phi) is 4.14. The summed E-state index contributed by atoms with van der Waals surface area (Å²) in [5, 5.41) is 5.86. The molecule has 1 aliphatic rings. The predicted octanol–water partition coefficient (Wildman–Crippen LogP) is 0.315. The van der Waals surface area contributed by atoms with Crippen molar-refractivity contribution in [2.45, 2.75) is 45.8 Å². The largest absolute Gasteiger partial charge is 0.333 e. The highest BCUT2D eigenvalue weighted by Gasteiger charge is 2.43. The molecule has 17 heavy (non-hydrogen) atoms. The van der Waals surface area contributed by atoms with E-state index in [4.69, 9.17) is 0 Å². The van der Waals surface area contributed by atoms with E-state index >= 15 is 0 Å². The molecule has 0 aliphatic carbocycles. The van der Waals surface area contributed by atoms with E-state index < -0.39 is 5.66 Å². The third kappa shape index (κ3) is 3.19. The van der Waals surface area contributed by atoms with Gasteiger partial charge < -0.3 is 15.5 Å². The Labute approximate surface area is 103 Å². The molecule has 1 aliphatic heterocycles. The van der Waals surface area contributed by atoms with Crippen LogP contribution in [0, 0.1) is 5.92 Å². The third-order valence-electron chi connectivity index (χ3n) is 3.57. The molecule has 2 atom stereocenters. The SMILES string of the molecule is CC(=O)NC1(NC(C)=O)C[C@H](C)N(C)C[C@@H]1C. The highest BCUT2D eigenvalue weighted by atomic mass is 16.2. The zero-order chi connectivity index (χ0) is 13.2. The van der Waals surface area contributed by atoms with Crippen LogP contribution in [0.2, 0.25) is 0 Å². The number of hydrogen-bond donors (Lipinski definition) is 2. The fraction of sp³-hybridized carbons (Fsp3) is 0.833. The molecule has 0 bridgehead atoms. The second-order valence-corrected chi connectivity index (χ2v) is 5.23. The third-order valence-corrected chi connectivity index (χ3v) is 3.57. The fourth-order valence-corrected chi connectivity index (χ4v) is 2.60. The number of nitrogens with one attached hydrogen (secondary N) is 2. The number of likely N-dealkylation sites (tertiary alicyclic amines) is 1. The number of carbonyl (C=O) groups is 2. The van der Waals surface area contributed by atoms with Gasteiger partial charge in [0.15, 0.2) is 0 Å². The summed E-state index contributed by atoms with van der Waals surface area (Å²) in [4.78, 5) is 25.0. The van der Waals surface area contributed by atoms with Gasteiger partial charge in [0.2, 0.25) is 11.8 Å². The Morgan fingerprint density at radius 1 is 1.18 bits per heavy atom. The standard InChI is InChI=1S/C12H23N3O2/c1-8-7-15(5)9(2)6-12(8,13-10(3)16)14-11(4)17/h8-9H,6-7H2,1-5H3,(H,13,16)(H,14,17)/t8-,9-/m0/s1. The Morgan fingerprint density at radius 3 is 2.06 bits per heavy atom. The second kappa shape index (κ2) is 5.04. The average Bonchev–Trinajstić information content (AvgIpc) is 2.12. The highest BCUT2D eigenvalue weighted by molar-refractivity contribution is 5.77. The van der Waals surface area contributed by atoms with Gasteiger partial charge in [-0.25, -0.2) is 0 Å². The van der Waals surface area contributed by atoms with Gasteiger partial charge in [-0.05, 0) is 14.0 Å². The molecule has 0 spiro atoms. The normalized spacial score (nSPS) is 28.5. The van der Waals surface area contributed by atoms with Crippen molar-refractivity contribution in [3.63, 3.8) is 0 Å². The van der Waals surface area contributed by atoms with Gasteiger partial charge in [0.25, 0.3) is 0 Å². The Morgan fingerprint density at radius 2 is 1.65 bits per heavy atom. The molecule has 0 saturated carbocycles. The zero-order valence-electron chi connectivity index (χ0n) is 11.3. The first-order chi connectivity index (χ1) is 7.77. The van der Waals surface area contributed by atoms with Gasteiger partial charge in [0.1, 0.15) is 5.66 Å². The summed E-state index contributed by atoms with van der Waals surface area (Å²) in [7, 11) is 2.06. The minimum Gasteiger partial charge on any atom is -0.333 e. The van der Waals surface area contributed by atoms with E-state index in [1.54, 1.807) is 0 Å². The lowest BCUT2D eigenvalue weighted by Crippen LogP contribution is -2.69. The molecule has 0 aromatic carbocycles. The molecule has 5 nitrogen and oxygen atoms in total. The van der Waals surface area contributed by atoms with Crippen LogP contribution >= 0.6 is 0 Å². The number of amides is 2. The summed E-state index contributed by atoms with van der Waals surface area (Å²) in [5.74, 6) is -0.0405. The maximum absolute atomic E-state index is 11.4. The number of carbonyl (C=O) groups excluding carboxylic acids is 2. The molecule has 0 unspecified atom stereocenters. The zero-order valence-corrected chi connectivity index (χ0v) is 11.3. The molecule has 2 N–H and O–H groups in total. The van der Waals surface area contributed by atoms with E-state index in [1.807, 2.05) is 6.92 Å². The van der Waals surface area contributed by atoms with Gasteiger partial charge >= 0.3 is 0 Å². The minimum atomic E-state index is -0.608. The quantitative estimate of drug-likeness (QED) is 0.684. The smallest absolute Gasteiger partial charge is 0.218 e. The van der Waals surface area contributed by atoms with Gasteiger partial charge in [0.05, 0.1) is 0 Å². The van der Waals surface area contributed by atoms with Crippen LogP contribution in [0.25, 0.3) is 0 Å². The molecule has 1 fully saturated rings. The van der Waals surface area contributed by atoms with Crippen LogP contribution in [-0.4, -0.2) is 42.0 Å². The van der Waals surface area contributed by atoms with Crippen molar-refractivity contribution in [2.75, 3.05) is 13.6 Å². The van der Waals surface area contributed by atoms with Gasteiger partial charge in [-0.3, -0.25) is 9.59 Å². The van der Waals surface area contributed by atoms with Crippen molar-refractivity contribution in [1.29, 1.82) is 0 Å². The van der Waals surface area contributed by atoms with E-state index in [-0.39, 0.29) is 17.7 Å². The van der Waals surface area contributed by atoms with Crippen LogP contribution in [0.5, 0.6) is 0 Å². The summed E-state index contributed by atoms with van der Waals surface area (Å²) in [6.07, 6.45) is 0.726. The molecule has 1 rings (SSSR count). The molecule has 2 amide bonds. The molecule has 0 aromatic heterocycles. The van der Waals surface area contributed by atoms with Crippen LogP contribution in [-0.2, 0) is 9.59 Å². The molecular weight excluding hydrogens is 218 g/mol. The monoisotopic (exact) mass is 241 g/mol. The van der Waals surface area contributed by atoms with Crippen molar-refractivity contribution in [2.24, 2.45) is 5.92 Å². The minimum absolute atomic E-state index is 0.109. The van der Waals surface area contributed by atoms with Crippen molar-refractivity contribution in [3.05, 3.63) is 0 Å². The summed E-state index contributed by atoms with van der Waals surface area (Å²) in [6, 6.07) is 0.324. The van der Waals surface area contributed by atoms with Crippen molar-refractivity contribution < 1.29 is 9.59 Å². The van der Waals surface area contributed by atoms with Crippen LogP contribution in [0.3, 0.4) is 0 Å². The summed E-state index contributed by atoms with van der Waals surface area (Å²) in [6.45, 7) is 7.97. The predicted molar refractivity (Wildman–Crippen MR) is 66.2 cm³/mol. The van der Waals surface area contributed by atoms with E-state index in [0.717, 1.165) is 13.0 Å². The lowest BCUT2D eigenvalue weighted by atomic mass is 9.82. The van der Waals surface area contributed by atoms with Crippen LogP contribution in [0.4, 0.5) is 0 Å². The average molecular weight is 241 g/mol. The maximum atomic E-state index is 11.4. The lowest BCUT2D eigenvalue weighted by Gasteiger charge is -2.49. The number of hydrogen-bond acceptors (Lipinski definition) is 3. The van der Waals surface area contributed by atoms with Gasteiger partial charge in [-0.2, -0.15) is 0 Å². The summed E-state index contributed by atoms with van der Waals surface area (Å²) >= 11 is 0. The van der Waals surface area contributed by atoms with Gasteiger partial charge in [-0.1, -0.05) is 6.92 Å². The van der Waals surface area contributed by atoms with Gasteiger partial charge in [0, 0.05) is 38.8 Å². The number of piperidine rings is 1. The number of rotatable bonds is 2. The molecule has 0 radical (unpaired) electrons. The van der Waals surface area contributed by atoms with Crippen molar-refractivity contribution in [3.8, 4) is 0 Å². The van der Waals surface area contributed by atoms with Crippen LogP contribution in [0.1, 0.15) is 34.1 Å². The van der Waals surface area contributed by atoms with Crippen molar-refractivity contribution >= 4 is 11.8 Å². The Hall–Kier alpha value is -1.10. The van der Waals surface area contributed by atoms with Crippen LogP contribution in [0.15, 0.2) is 0 Å². The van der Waals surface area contributed by atoms with Gasteiger partial charge in [-0.15, -0.1) is 0 Å². The van der Waals surface area contributed by atoms with Crippen LogP contribution < -0.4 is 10.6 Å². The van der Waals surface area contributed by atoms with E-state index in [9.17, 15) is 9.59 Å². The van der Waals surface area contributed by atoms with E-state index in [0.29, 0.717) is 6.04 Å². The van der Waals surface area contributed by atoms with Crippen molar-refractivity contribution in [1.82, 2.24) is 15.5 Å². The fourth-order valence-electron chi connectivity index (χ4n) is 2.60. The number of nitrogens with zero attached hydrogens (tertiary/aromatic N) is 1. The topological polar surface area (TPSA) is 61.4 Å².